The molecule has 0 N–H and O–H groups in total. The van der Waals surface area contributed by atoms with E-state index in [1.54, 1.807) is 73.1 Å². The van der Waals surface area contributed by atoms with E-state index in [1.807, 2.05) is 0 Å². The van der Waals surface area contributed by atoms with Crippen LogP contribution < -0.4 is 0 Å². The molecule has 0 saturated carbocycles. The molecule has 4 aromatic carbocycles. The summed E-state index contributed by atoms with van der Waals surface area (Å²) in [6.07, 6.45) is 3.19. The van der Waals surface area contributed by atoms with Crippen molar-refractivity contribution in [1.82, 2.24) is 0 Å². The lowest BCUT2D eigenvalue weighted by molar-refractivity contribution is 0.596. The molecule has 0 atom stereocenters. The Morgan fingerprint density at radius 2 is 0.914 bits per heavy atom. The summed E-state index contributed by atoms with van der Waals surface area (Å²) in [6, 6.07) is 22.8. The van der Waals surface area contributed by atoms with Crippen LogP contribution in [0.1, 0.15) is 11.1 Å². The van der Waals surface area contributed by atoms with Crippen LogP contribution in [-0.2, 0) is 9.84 Å². The van der Waals surface area contributed by atoms with E-state index in [9.17, 15) is 8.42 Å². The number of halogens is 4. The molecule has 4 nitrogen and oxygen atoms in total. The maximum atomic E-state index is 13.0. The smallest absolute Gasteiger partial charge is 0.206 e. The van der Waals surface area contributed by atoms with Gasteiger partial charge >= 0.3 is 0 Å². The molecular weight excluding hydrogens is 546 g/mol. The highest BCUT2D eigenvalue weighted by Crippen LogP contribution is 2.26. The molecule has 9 heteroatoms. The molecule has 0 aliphatic heterocycles. The molecule has 0 aliphatic rings. The highest BCUT2D eigenvalue weighted by atomic mass is 35.5. The molecule has 35 heavy (non-hydrogen) atoms. The first-order valence-electron chi connectivity index (χ1n) is 10.2. The monoisotopic (exact) mass is 560 g/mol. The second-order valence-electron chi connectivity index (χ2n) is 7.34. The Kier molecular flexibility index (Phi) is 7.95. The van der Waals surface area contributed by atoms with Gasteiger partial charge in [0.15, 0.2) is 0 Å². The maximum absolute atomic E-state index is 13.0. The molecule has 0 bridgehead atoms. The molecule has 0 saturated heterocycles. The molecule has 0 unspecified atom stereocenters. The van der Waals surface area contributed by atoms with Crippen molar-refractivity contribution in [2.75, 3.05) is 0 Å². The minimum atomic E-state index is -3.70. The summed E-state index contributed by atoms with van der Waals surface area (Å²) in [5.41, 5.74) is 2.57. The highest BCUT2D eigenvalue weighted by molar-refractivity contribution is 7.91. The SMILES string of the molecule is O=S(=O)(c1ccc(N=Cc2ccc(Cl)cc2Cl)cc1)c1ccc(N=Cc2ccc(Cl)cc2Cl)cc1. The predicted octanol–water partition coefficient (Wildman–Crippen LogP) is 8.63. The Labute approximate surface area is 223 Å². The standard InChI is InChI=1S/C26H16Cl4N2O2S/c27-19-3-1-17(25(29)13-19)15-31-21-5-9-23(10-6-21)35(33,34)24-11-7-22(8-12-24)32-16-18-2-4-20(28)14-26(18)30/h1-16H. The summed E-state index contributed by atoms with van der Waals surface area (Å²) in [6.45, 7) is 0. The number of aliphatic imine (C=N–C) groups is 2. The zero-order valence-corrected chi connectivity index (χ0v) is 21.7. The van der Waals surface area contributed by atoms with Crippen LogP contribution in [0.4, 0.5) is 11.4 Å². The molecule has 0 fully saturated rings. The van der Waals surface area contributed by atoms with Gasteiger partial charge in [0.05, 0.1) is 31.2 Å². The van der Waals surface area contributed by atoms with E-state index in [-0.39, 0.29) is 9.79 Å². The number of rotatable bonds is 6. The number of hydrogen-bond acceptors (Lipinski definition) is 4. The molecule has 0 amide bonds. The average Bonchev–Trinajstić information content (AvgIpc) is 2.83. The van der Waals surface area contributed by atoms with Gasteiger partial charge in [-0.25, -0.2) is 8.42 Å². The molecule has 0 aromatic heterocycles. The topological polar surface area (TPSA) is 58.9 Å². The van der Waals surface area contributed by atoms with Gasteiger partial charge in [-0.05, 0) is 72.8 Å². The Bertz CT molecular complexity index is 1420. The van der Waals surface area contributed by atoms with Crippen molar-refractivity contribution in [3.8, 4) is 0 Å². The van der Waals surface area contributed by atoms with Crippen LogP contribution in [0.2, 0.25) is 20.1 Å². The molecule has 4 rings (SSSR count). The van der Waals surface area contributed by atoms with Crippen LogP contribution >= 0.6 is 46.4 Å². The van der Waals surface area contributed by atoms with Crippen molar-refractivity contribution in [1.29, 1.82) is 0 Å². The van der Waals surface area contributed by atoms with Crippen molar-refractivity contribution in [2.24, 2.45) is 9.98 Å². The highest BCUT2D eigenvalue weighted by Gasteiger charge is 2.17. The molecule has 0 spiro atoms. The number of hydrogen-bond donors (Lipinski definition) is 0. The van der Waals surface area contributed by atoms with Crippen molar-refractivity contribution in [3.05, 3.63) is 116 Å². The van der Waals surface area contributed by atoms with Crippen molar-refractivity contribution < 1.29 is 8.42 Å². The van der Waals surface area contributed by atoms with Gasteiger partial charge in [-0.1, -0.05) is 58.5 Å². The summed E-state index contributed by atoms with van der Waals surface area (Å²) < 4.78 is 26.1. The van der Waals surface area contributed by atoms with Crippen LogP contribution in [0.3, 0.4) is 0 Å². The average molecular weight is 562 g/mol. The normalized spacial score (nSPS) is 12.0. The third-order valence-corrected chi connectivity index (χ3v) is 7.83. The molecule has 4 aromatic rings. The van der Waals surface area contributed by atoms with E-state index in [0.717, 1.165) is 0 Å². The second-order valence-corrected chi connectivity index (χ2v) is 11.0. The quantitative estimate of drug-likeness (QED) is 0.221. The predicted molar refractivity (Wildman–Crippen MR) is 146 cm³/mol. The fourth-order valence-electron chi connectivity index (χ4n) is 3.06. The van der Waals surface area contributed by atoms with E-state index in [4.69, 9.17) is 46.4 Å². The van der Waals surface area contributed by atoms with Crippen LogP contribution in [0.5, 0.6) is 0 Å². The van der Waals surface area contributed by atoms with Crippen LogP contribution in [-0.4, -0.2) is 20.8 Å². The fraction of sp³-hybridized carbons (Fsp3) is 0. The first-order chi connectivity index (χ1) is 16.7. The molecule has 0 radical (unpaired) electrons. The third kappa shape index (κ3) is 6.31. The molecule has 0 heterocycles. The zero-order valence-electron chi connectivity index (χ0n) is 17.9. The van der Waals surface area contributed by atoms with Crippen LogP contribution in [0.15, 0.2) is 105 Å². The van der Waals surface area contributed by atoms with Gasteiger partial charge in [-0.3, -0.25) is 9.98 Å². The van der Waals surface area contributed by atoms with Crippen molar-refractivity contribution >= 4 is 80.0 Å². The second kappa shape index (κ2) is 10.9. The lowest BCUT2D eigenvalue weighted by Gasteiger charge is -2.06. The number of benzene rings is 4. The van der Waals surface area contributed by atoms with Gasteiger partial charge in [0.2, 0.25) is 9.84 Å². The molecular formula is C26H16Cl4N2O2S. The van der Waals surface area contributed by atoms with Gasteiger partial charge in [0.25, 0.3) is 0 Å². The number of sulfone groups is 1. The van der Waals surface area contributed by atoms with Gasteiger partial charge < -0.3 is 0 Å². The first kappa shape index (κ1) is 25.4. The van der Waals surface area contributed by atoms with E-state index in [0.29, 0.717) is 42.6 Å². The van der Waals surface area contributed by atoms with Gasteiger partial charge in [0, 0.05) is 33.6 Å². The van der Waals surface area contributed by atoms with Crippen LogP contribution in [0.25, 0.3) is 0 Å². The summed E-state index contributed by atoms with van der Waals surface area (Å²) >= 11 is 24.1. The van der Waals surface area contributed by atoms with Gasteiger partial charge in [-0.2, -0.15) is 0 Å². The summed E-state index contributed by atoms with van der Waals surface area (Å²) in [5, 5.41) is 2.02. The van der Waals surface area contributed by atoms with E-state index in [1.165, 1.54) is 24.3 Å². The maximum Gasteiger partial charge on any atom is 0.206 e. The van der Waals surface area contributed by atoms with Gasteiger partial charge in [-0.15, -0.1) is 0 Å². The Morgan fingerprint density at radius 3 is 1.26 bits per heavy atom. The summed E-state index contributed by atoms with van der Waals surface area (Å²) in [7, 11) is -3.70. The fourth-order valence-corrected chi connectivity index (χ4v) is 5.23. The number of nitrogens with zero attached hydrogens (tertiary/aromatic N) is 2. The first-order valence-corrected chi connectivity index (χ1v) is 13.2. The van der Waals surface area contributed by atoms with Crippen LogP contribution in [0, 0.1) is 0 Å². The van der Waals surface area contributed by atoms with Crippen molar-refractivity contribution in [3.63, 3.8) is 0 Å². The van der Waals surface area contributed by atoms with E-state index < -0.39 is 9.84 Å². The van der Waals surface area contributed by atoms with E-state index in [2.05, 4.69) is 9.98 Å². The van der Waals surface area contributed by atoms with Crippen molar-refractivity contribution in [2.45, 2.75) is 9.79 Å². The summed E-state index contributed by atoms with van der Waals surface area (Å²) in [4.78, 5) is 9.02. The lowest BCUT2D eigenvalue weighted by atomic mass is 10.2. The minimum Gasteiger partial charge on any atom is -0.256 e. The Balaban J connectivity index is 1.49. The largest absolute Gasteiger partial charge is 0.256 e. The van der Waals surface area contributed by atoms with E-state index >= 15 is 0 Å². The zero-order chi connectivity index (χ0) is 25.0. The van der Waals surface area contributed by atoms with Gasteiger partial charge in [0.1, 0.15) is 0 Å². The molecule has 176 valence electrons. The molecule has 0 aliphatic carbocycles. The Hall–Kier alpha value is -2.67. The summed E-state index contributed by atoms with van der Waals surface area (Å²) in [5.74, 6) is 0. The minimum absolute atomic E-state index is 0.158. The lowest BCUT2D eigenvalue weighted by Crippen LogP contribution is -2.01. The Morgan fingerprint density at radius 1 is 0.543 bits per heavy atom. The third-order valence-electron chi connectivity index (χ3n) is 4.92.